The molecular formula is C8H12NO4-. The maximum Gasteiger partial charge on any atom is 0.209 e. The Labute approximate surface area is 76.3 Å². The van der Waals surface area contributed by atoms with Crippen LogP contribution in [0.1, 0.15) is 19.3 Å². The quantitative estimate of drug-likeness (QED) is 0.360. The summed E-state index contributed by atoms with van der Waals surface area (Å²) in [6.07, 6.45) is 0.779. The second-order valence-electron chi connectivity index (χ2n) is 2.78. The lowest BCUT2D eigenvalue weighted by Gasteiger charge is -2.09. The molecule has 0 heterocycles. The molecule has 0 spiro atoms. The first-order chi connectivity index (χ1) is 6.06. The average molecular weight is 186 g/mol. The summed E-state index contributed by atoms with van der Waals surface area (Å²) < 4.78 is 0. The number of rotatable bonds is 7. The van der Waals surface area contributed by atoms with Gasteiger partial charge in [0.1, 0.15) is 5.78 Å². The van der Waals surface area contributed by atoms with E-state index in [-0.39, 0.29) is 12.2 Å². The lowest BCUT2D eigenvalue weighted by atomic mass is 10.1. The number of aliphatic carboxylic acids is 1. The van der Waals surface area contributed by atoms with Gasteiger partial charge in [-0.3, -0.25) is 9.59 Å². The third-order valence-corrected chi connectivity index (χ3v) is 1.49. The van der Waals surface area contributed by atoms with E-state index in [1.54, 1.807) is 7.05 Å². The van der Waals surface area contributed by atoms with E-state index in [9.17, 15) is 19.5 Å². The van der Waals surface area contributed by atoms with Gasteiger partial charge in [-0.05, 0) is 6.42 Å². The molecule has 0 aliphatic carbocycles. The van der Waals surface area contributed by atoms with Gasteiger partial charge in [-0.1, -0.05) is 0 Å². The van der Waals surface area contributed by atoms with Gasteiger partial charge >= 0.3 is 0 Å². The van der Waals surface area contributed by atoms with Crippen molar-refractivity contribution < 1.29 is 19.5 Å². The zero-order chi connectivity index (χ0) is 10.3. The SMILES string of the molecule is CN(C=O)CCCC(=O)CC(=O)[O-]. The molecule has 0 aromatic rings. The van der Waals surface area contributed by atoms with Crippen molar-refractivity contribution in [1.82, 2.24) is 4.90 Å². The van der Waals surface area contributed by atoms with Crippen molar-refractivity contribution in [1.29, 1.82) is 0 Å². The Morgan fingerprint density at radius 1 is 1.46 bits per heavy atom. The Morgan fingerprint density at radius 2 is 2.08 bits per heavy atom. The van der Waals surface area contributed by atoms with Gasteiger partial charge in [-0.25, -0.2) is 0 Å². The molecule has 0 radical (unpaired) electrons. The first kappa shape index (κ1) is 11.6. The van der Waals surface area contributed by atoms with Gasteiger partial charge in [0.05, 0.1) is 0 Å². The number of nitrogens with zero attached hydrogens (tertiary/aromatic N) is 1. The summed E-state index contributed by atoms with van der Waals surface area (Å²) in [5, 5.41) is 9.96. The van der Waals surface area contributed by atoms with Crippen LogP contribution in [0.2, 0.25) is 0 Å². The highest BCUT2D eigenvalue weighted by Gasteiger charge is 2.02. The van der Waals surface area contributed by atoms with Crippen LogP contribution in [0.15, 0.2) is 0 Å². The number of carboxylic acid groups (broad SMARTS) is 1. The summed E-state index contributed by atoms with van der Waals surface area (Å²) in [4.78, 5) is 32.3. The summed E-state index contributed by atoms with van der Waals surface area (Å²) in [7, 11) is 1.59. The fourth-order valence-electron chi connectivity index (χ4n) is 0.828. The number of amides is 1. The molecule has 0 atom stereocenters. The Kier molecular flexibility index (Phi) is 5.50. The maximum atomic E-state index is 10.8. The van der Waals surface area contributed by atoms with E-state index in [1.807, 2.05) is 0 Å². The first-order valence-corrected chi connectivity index (χ1v) is 3.93. The van der Waals surface area contributed by atoms with Crippen molar-refractivity contribution in [2.45, 2.75) is 19.3 Å². The van der Waals surface area contributed by atoms with Crippen LogP contribution in [0, 0.1) is 0 Å². The number of ketones is 1. The molecule has 0 aliphatic rings. The van der Waals surface area contributed by atoms with Crippen LogP contribution in [0.3, 0.4) is 0 Å². The minimum Gasteiger partial charge on any atom is -0.550 e. The number of carboxylic acids is 1. The van der Waals surface area contributed by atoms with Crippen molar-refractivity contribution in [3.8, 4) is 0 Å². The molecule has 0 unspecified atom stereocenters. The van der Waals surface area contributed by atoms with Crippen LogP contribution < -0.4 is 5.11 Å². The van der Waals surface area contributed by atoms with Gasteiger partial charge in [0.2, 0.25) is 6.41 Å². The fraction of sp³-hybridized carbons (Fsp3) is 0.625. The molecule has 1 amide bonds. The van der Waals surface area contributed by atoms with E-state index in [0.717, 1.165) is 0 Å². The Morgan fingerprint density at radius 3 is 2.54 bits per heavy atom. The first-order valence-electron chi connectivity index (χ1n) is 3.93. The van der Waals surface area contributed by atoms with Crippen molar-refractivity contribution in [3.05, 3.63) is 0 Å². The second-order valence-corrected chi connectivity index (χ2v) is 2.78. The monoisotopic (exact) mass is 186 g/mol. The largest absolute Gasteiger partial charge is 0.550 e. The summed E-state index contributed by atoms with van der Waals surface area (Å²) in [5.41, 5.74) is 0. The van der Waals surface area contributed by atoms with Crippen LogP contribution in [0.25, 0.3) is 0 Å². The summed E-state index contributed by atoms with van der Waals surface area (Å²) in [6.45, 7) is 0.461. The number of hydrogen-bond acceptors (Lipinski definition) is 4. The molecule has 0 N–H and O–H groups in total. The highest BCUT2D eigenvalue weighted by molar-refractivity contribution is 5.93. The van der Waals surface area contributed by atoms with Crippen molar-refractivity contribution in [3.63, 3.8) is 0 Å². The number of Topliss-reactive ketones (excluding diaryl/α,β-unsaturated/α-hetero) is 1. The zero-order valence-electron chi connectivity index (χ0n) is 7.49. The molecule has 0 fully saturated rings. The fourth-order valence-corrected chi connectivity index (χ4v) is 0.828. The summed E-state index contributed by atoms with van der Waals surface area (Å²) in [5.74, 6) is -1.71. The lowest BCUT2D eigenvalue weighted by Crippen LogP contribution is -2.25. The second kappa shape index (κ2) is 6.16. The maximum absolute atomic E-state index is 10.8. The smallest absolute Gasteiger partial charge is 0.209 e. The topological polar surface area (TPSA) is 77.5 Å². The molecule has 0 bridgehead atoms. The predicted molar refractivity (Wildman–Crippen MR) is 42.6 cm³/mol. The molecule has 0 rings (SSSR count). The van der Waals surface area contributed by atoms with E-state index in [2.05, 4.69) is 0 Å². The number of hydrogen-bond donors (Lipinski definition) is 0. The summed E-state index contributed by atoms with van der Waals surface area (Å²) >= 11 is 0. The molecule has 74 valence electrons. The highest BCUT2D eigenvalue weighted by Crippen LogP contribution is 1.95. The molecule has 5 heteroatoms. The molecule has 0 aromatic carbocycles. The highest BCUT2D eigenvalue weighted by atomic mass is 16.4. The van der Waals surface area contributed by atoms with E-state index in [4.69, 9.17) is 0 Å². The van der Waals surface area contributed by atoms with E-state index in [0.29, 0.717) is 19.4 Å². The third-order valence-electron chi connectivity index (χ3n) is 1.49. The Balaban J connectivity index is 3.47. The number of carbonyl (C=O) groups excluding carboxylic acids is 3. The van der Waals surface area contributed by atoms with E-state index in [1.165, 1.54) is 4.90 Å². The van der Waals surface area contributed by atoms with Gasteiger partial charge in [0, 0.05) is 32.4 Å². The average Bonchev–Trinajstić information content (AvgIpc) is 2.02. The molecule has 5 nitrogen and oxygen atoms in total. The Hall–Kier alpha value is -1.39. The van der Waals surface area contributed by atoms with Crippen LogP contribution in [-0.4, -0.2) is 36.7 Å². The van der Waals surface area contributed by atoms with Gasteiger partial charge in [-0.15, -0.1) is 0 Å². The van der Waals surface area contributed by atoms with E-state index < -0.39 is 12.4 Å². The molecule has 0 saturated heterocycles. The Bertz CT molecular complexity index is 202. The standard InChI is InChI=1S/C8H13NO4/c1-9(6-10)4-2-3-7(11)5-8(12)13/h6H,2-5H2,1H3,(H,12,13)/p-1. The van der Waals surface area contributed by atoms with Crippen molar-refractivity contribution >= 4 is 18.2 Å². The van der Waals surface area contributed by atoms with Crippen molar-refractivity contribution in [2.24, 2.45) is 0 Å². The predicted octanol–water partition coefficient (Wildman–Crippen LogP) is -1.44. The van der Waals surface area contributed by atoms with Gasteiger partial charge in [0.25, 0.3) is 0 Å². The van der Waals surface area contributed by atoms with Crippen molar-refractivity contribution in [2.75, 3.05) is 13.6 Å². The minimum atomic E-state index is -1.35. The van der Waals surface area contributed by atoms with Gasteiger partial charge < -0.3 is 14.8 Å². The number of carbonyl (C=O) groups is 3. The lowest BCUT2D eigenvalue weighted by molar-refractivity contribution is -0.304. The normalized spacial score (nSPS) is 9.31. The van der Waals surface area contributed by atoms with Gasteiger partial charge in [0.15, 0.2) is 0 Å². The molecular weight excluding hydrogens is 174 g/mol. The molecule has 13 heavy (non-hydrogen) atoms. The third kappa shape index (κ3) is 6.99. The molecule has 0 saturated carbocycles. The summed E-state index contributed by atoms with van der Waals surface area (Å²) in [6, 6.07) is 0. The van der Waals surface area contributed by atoms with Crippen LogP contribution in [-0.2, 0) is 14.4 Å². The van der Waals surface area contributed by atoms with Gasteiger partial charge in [-0.2, -0.15) is 0 Å². The van der Waals surface area contributed by atoms with Crippen LogP contribution in [0.4, 0.5) is 0 Å². The molecule has 0 aromatic heterocycles. The molecule has 0 aliphatic heterocycles. The van der Waals surface area contributed by atoms with Crippen LogP contribution >= 0.6 is 0 Å². The van der Waals surface area contributed by atoms with E-state index >= 15 is 0 Å². The minimum absolute atomic E-state index is 0.173. The van der Waals surface area contributed by atoms with Crippen LogP contribution in [0.5, 0.6) is 0 Å². The zero-order valence-corrected chi connectivity index (χ0v) is 7.49.